The molecule has 1 heterocycles. The Bertz CT molecular complexity index is 562. The number of rotatable bonds is 5. The molecule has 0 bridgehead atoms. The molecule has 0 atom stereocenters. The van der Waals surface area contributed by atoms with Crippen LogP contribution in [0.1, 0.15) is 5.56 Å². The largest absolute Gasteiger partial charge is 0.493 e. The van der Waals surface area contributed by atoms with Gasteiger partial charge in [-0.3, -0.25) is 4.79 Å². The molecule has 1 fully saturated rings. The van der Waals surface area contributed by atoms with Gasteiger partial charge in [-0.15, -0.1) is 0 Å². The van der Waals surface area contributed by atoms with Crippen molar-refractivity contribution in [3.8, 4) is 17.2 Å². The van der Waals surface area contributed by atoms with Crippen LogP contribution in [0.3, 0.4) is 0 Å². The molecule has 1 aromatic carbocycles. The number of carbonyl (C=O) groups excluding carboxylic acids is 1. The number of carbonyl (C=O) groups is 1. The zero-order valence-electron chi connectivity index (χ0n) is 11.9. The first kappa shape index (κ1) is 15.0. The van der Waals surface area contributed by atoms with Gasteiger partial charge in [-0.1, -0.05) is 0 Å². The van der Waals surface area contributed by atoms with Crippen LogP contribution in [0.15, 0.2) is 17.2 Å². The lowest BCUT2D eigenvalue weighted by Gasteiger charge is -2.13. The lowest BCUT2D eigenvalue weighted by molar-refractivity contribution is -0.124. The van der Waals surface area contributed by atoms with Gasteiger partial charge in [0, 0.05) is 5.56 Å². The molecule has 0 aliphatic carbocycles. The Balaban J connectivity index is 2.32. The first-order chi connectivity index (χ1) is 10.1. The summed E-state index contributed by atoms with van der Waals surface area (Å²) in [6.07, 6.45) is 1.50. The fourth-order valence-corrected chi connectivity index (χ4v) is 2.05. The Morgan fingerprint density at radius 2 is 1.86 bits per heavy atom. The van der Waals surface area contributed by atoms with Crippen molar-refractivity contribution in [3.05, 3.63) is 17.7 Å². The van der Waals surface area contributed by atoms with E-state index in [0.29, 0.717) is 22.8 Å². The van der Waals surface area contributed by atoms with E-state index in [9.17, 15) is 4.79 Å². The highest BCUT2D eigenvalue weighted by Crippen LogP contribution is 2.37. The van der Waals surface area contributed by atoms with Crippen molar-refractivity contribution in [1.82, 2.24) is 10.3 Å². The summed E-state index contributed by atoms with van der Waals surface area (Å²) < 4.78 is 15.7. The highest BCUT2D eigenvalue weighted by atomic mass is 32.1. The van der Waals surface area contributed by atoms with Gasteiger partial charge in [0.2, 0.25) is 5.75 Å². The van der Waals surface area contributed by atoms with Gasteiger partial charge in [-0.2, -0.15) is 10.1 Å². The summed E-state index contributed by atoms with van der Waals surface area (Å²) in [5, 5.41) is 8.23. The molecule has 0 radical (unpaired) electrons. The smallest absolute Gasteiger partial charge is 0.268 e. The Morgan fingerprint density at radius 3 is 2.29 bits per heavy atom. The zero-order valence-corrected chi connectivity index (χ0v) is 12.7. The minimum absolute atomic E-state index is 0.158. The summed E-state index contributed by atoms with van der Waals surface area (Å²) >= 11 is 4.98. The number of methoxy groups -OCH3 is 3. The van der Waals surface area contributed by atoms with Crippen molar-refractivity contribution in [2.24, 2.45) is 5.10 Å². The van der Waals surface area contributed by atoms with E-state index in [2.05, 4.69) is 10.4 Å². The number of thiocarbonyl (C=S) groups is 1. The molecule has 1 N–H and O–H groups in total. The maximum Gasteiger partial charge on any atom is 0.268 e. The lowest BCUT2D eigenvalue weighted by Crippen LogP contribution is -2.25. The van der Waals surface area contributed by atoms with Gasteiger partial charge in [0.15, 0.2) is 16.6 Å². The van der Waals surface area contributed by atoms with E-state index >= 15 is 0 Å². The SMILES string of the molecule is COc1cc(C=NN2C(=O)CNC2=S)cc(OC)c1OC. The third-order valence-corrected chi connectivity index (χ3v) is 3.15. The Kier molecular flexibility index (Phi) is 4.59. The van der Waals surface area contributed by atoms with Crippen LogP contribution in [0.2, 0.25) is 0 Å². The second-order valence-corrected chi connectivity index (χ2v) is 4.45. The summed E-state index contributed by atoms with van der Waals surface area (Å²) in [5.74, 6) is 1.30. The number of ether oxygens (including phenoxy) is 3. The number of nitrogens with one attached hydrogen (secondary N) is 1. The summed E-state index contributed by atoms with van der Waals surface area (Å²) in [5.41, 5.74) is 0.687. The molecule has 2 rings (SSSR count). The first-order valence-electron chi connectivity index (χ1n) is 6.05. The summed E-state index contributed by atoms with van der Waals surface area (Å²) in [4.78, 5) is 11.5. The van der Waals surface area contributed by atoms with Gasteiger partial charge >= 0.3 is 0 Å². The third kappa shape index (κ3) is 3.05. The highest BCUT2D eigenvalue weighted by molar-refractivity contribution is 7.80. The van der Waals surface area contributed by atoms with Crippen molar-refractivity contribution >= 4 is 29.5 Å². The van der Waals surface area contributed by atoms with Gasteiger partial charge < -0.3 is 19.5 Å². The molecule has 0 aromatic heterocycles. The minimum atomic E-state index is -0.205. The van der Waals surface area contributed by atoms with E-state index in [1.807, 2.05) is 0 Å². The molecule has 112 valence electrons. The van der Waals surface area contributed by atoms with E-state index in [-0.39, 0.29) is 17.6 Å². The van der Waals surface area contributed by atoms with Gasteiger partial charge in [-0.25, -0.2) is 0 Å². The Hall–Kier alpha value is -2.35. The number of amides is 1. The van der Waals surface area contributed by atoms with Crippen LogP contribution in [0, 0.1) is 0 Å². The Labute approximate surface area is 127 Å². The average molecular weight is 309 g/mol. The first-order valence-corrected chi connectivity index (χ1v) is 6.46. The number of hydrogen-bond donors (Lipinski definition) is 1. The topological polar surface area (TPSA) is 72.4 Å². The van der Waals surface area contributed by atoms with Crippen LogP contribution < -0.4 is 19.5 Å². The molecule has 0 unspecified atom stereocenters. The van der Waals surface area contributed by atoms with Gasteiger partial charge in [0.25, 0.3) is 5.91 Å². The number of hydrogen-bond acceptors (Lipinski definition) is 6. The van der Waals surface area contributed by atoms with E-state index < -0.39 is 0 Å². The number of hydrazone groups is 1. The monoisotopic (exact) mass is 309 g/mol. The van der Waals surface area contributed by atoms with E-state index in [1.165, 1.54) is 27.5 Å². The van der Waals surface area contributed by atoms with Crippen LogP contribution in [0.25, 0.3) is 0 Å². The summed E-state index contributed by atoms with van der Waals surface area (Å²) in [6.45, 7) is 0.158. The standard InChI is InChI=1S/C13H15N3O4S/c1-18-9-4-8(5-10(19-2)12(9)20-3)6-15-16-11(17)7-14-13(16)21/h4-6H,7H2,1-3H3,(H,14,21). The number of nitrogens with zero attached hydrogens (tertiary/aromatic N) is 2. The predicted octanol–water partition coefficient (Wildman–Crippen LogP) is 0.763. The minimum Gasteiger partial charge on any atom is -0.493 e. The van der Waals surface area contributed by atoms with Crippen LogP contribution in [0.4, 0.5) is 0 Å². The van der Waals surface area contributed by atoms with Crippen molar-refractivity contribution < 1.29 is 19.0 Å². The molecule has 7 nitrogen and oxygen atoms in total. The third-order valence-electron chi connectivity index (χ3n) is 2.83. The van der Waals surface area contributed by atoms with Crippen molar-refractivity contribution in [3.63, 3.8) is 0 Å². The highest BCUT2D eigenvalue weighted by Gasteiger charge is 2.24. The second-order valence-electron chi connectivity index (χ2n) is 4.07. The summed E-state index contributed by atoms with van der Waals surface area (Å²) in [7, 11) is 4.59. The van der Waals surface area contributed by atoms with Crippen molar-refractivity contribution in [2.45, 2.75) is 0 Å². The molecule has 1 aromatic rings. The fourth-order valence-electron chi connectivity index (χ4n) is 1.83. The van der Waals surface area contributed by atoms with Gasteiger partial charge in [0.1, 0.15) is 0 Å². The molecule has 1 aliphatic rings. The van der Waals surface area contributed by atoms with Crippen LogP contribution in [-0.2, 0) is 4.79 Å². The quantitative estimate of drug-likeness (QED) is 0.639. The maximum absolute atomic E-state index is 11.5. The summed E-state index contributed by atoms with van der Waals surface area (Å²) in [6, 6.07) is 3.45. The molecule has 8 heteroatoms. The van der Waals surface area contributed by atoms with Crippen LogP contribution in [-0.4, -0.2) is 50.1 Å². The molecular formula is C13H15N3O4S. The van der Waals surface area contributed by atoms with E-state index in [1.54, 1.807) is 12.1 Å². The second kappa shape index (κ2) is 6.40. The Morgan fingerprint density at radius 1 is 1.24 bits per heavy atom. The van der Waals surface area contributed by atoms with Crippen molar-refractivity contribution in [1.29, 1.82) is 0 Å². The number of benzene rings is 1. The predicted molar refractivity (Wildman–Crippen MR) is 81.1 cm³/mol. The molecular weight excluding hydrogens is 294 g/mol. The molecule has 0 spiro atoms. The zero-order chi connectivity index (χ0) is 15.4. The van der Waals surface area contributed by atoms with Crippen LogP contribution in [0.5, 0.6) is 17.2 Å². The van der Waals surface area contributed by atoms with Gasteiger partial charge in [0.05, 0.1) is 34.1 Å². The van der Waals surface area contributed by atoms with E-state index in [0.717, 1.165) is 5.01 Å². The normalized spacial score (nSPS) is 14.5. The fraction of sp³-hybridized carbons (Fsp3) is 0.308. The average Bonchev–Trinajstić information content (AvgIpc) is 2.82. The molecule has 1 amide bonds. The van der Waals surface area contributed by atoms with Crippen molar-refractivity contribution in [2.75, 3.05) is 27.9 Å². The van der Waals surface area contributed by atoms with Gasteiger partial charge in [-0.05, 0) is 24.4 Å². The molecule has 0 saturated carbocycles. The van der Waals surface area contributed by atoms with Crippen LogP contribution >= 0.6 is 12.2 Å². The lowest BCUT2D eigenvalue weighted by atomic mass is 10.2. The molecule has 1 saturated heterocycles. The van der Waals surface area contributed by atoms with E-state index in [4.69, 9.17) is 26.4 Å². The molecule has 21 heavy (non-hydrogen) atoms. The molecule has 1 aliphatic heterocycles. The maximum atomic E-state index is 11.5.